The standard InChI is InChI=1S/C19H23N5O6/c1-5-9-23-15-16(21-18(20-10(3)25)22-17(15)27)24(19(23)28)14-8-7-13(30-14)12(6-2)29-11(4)26/h1,12-14H,6-9H2,2-4H3,(H2,20,21,22,25,27)/t12-,13?,14+/m0/s1. The molecule has 0 spiro atoms. The minimum Gasteiger partial charge on any atom is -0.460 e. The molecule has 1 aliphatic rings. The van der Waals surface area contributed by atoms with E-state index in [2.05, 4.69) is 21.2 Å². The van der Waals surface area contributed by atoms with Gasteiger partial charge in [-0.05, 0) is 19.3 Å². The van der Waals surface area contributed by atoms with Gasteiger partial charge < -0.3 is 9.47 Å². The molecule has 11 heteroatoms. The molecule has 1 saturated heterocycles. The summed E-state index contributed by atoms with van der Waals surface area (Å²) in [5, 5.41) is 2.41. The number of H-pyrrole nitrogens is 1. The van der Waals surface area contributed by atoms with Crippen LogP contribution < -0.4 is 16.6 Å². The molecule has 1 unspecified atom stereocenters. The molecule has 3 atom stereocenters. The third-order valence-corrected chi connectivity index (χ3v) is 4.81. The van der Waals surface area contributed by atoms with E-state index in [0.717, 1.165) is 4.57 Å². The number of nitrogens with one attached hydrogen (secondary N) is 2. The van der Waals surface area contributed by atoms with E-state index >= 15 is 0 Å². The van der Waals surface area contributed by atoms with Crippen molar-refractivity contribution in [3.05, 3.63) is 20.8 Å². The lowest BCUT2D eigenvalue weighted by molar-refractivity contribution is -0.156. The molecule has 2 aromatic heterocycles. The Bertz CT molecular complexity index is 1140. The van der Waals surface area contributed by atoms with Gasteiger partial charge in [0.2, 0.25) is 11.9 Å². The normalized spacial score (nSPS) is 19.4. The van der Waals surface area contributed by atoms with Gasteiger partial charge in [0, 0.05) is 13.8 Å². The molecule has 0 radical (unpaired) electrons. The monoisotopic (exact) mass is 417 g/mol. The second-order valence-corrected chi connectivity index (χ2v) is 6.97. The molecule has 2 N–H and O–H groups in total. The number of rotatable bonds is 6. The Balaban J connectivity index is 2.08. The number of hydrogen-bond donors (Lipinski definition) is 2. The number of carbonyl (C=O) groups excluding carboxylic acids is 2. The average molecular weight is 417 g/mol. The molecule has 1 fully saturated rings. The second-order valence-electron chi connectivity index (χ2n) is 6.97. The molecule has 0 aromatic carbocycles. The summed E-state index contributed by atoms with van der Waals surface area (Å²) in [5.74, 6) is 1.42. The maximum Gasteiger partial charge on any atom is 0.333 e. The molecular formula is C19H23N5O6. The fraction of sp³-hybridized carbons (Fsp3) is 0.526. The van der Waals surface area contributed by atoms with Crippen LogP contribution in [-0.4, -0.2) is 43.2 Å². The number of aromatic amines is 1. The van der Waals surface area contributed by atoms with Gasteiger partial charge in [0.05, 0.1) is 12.6 Å². The molecule has 1 aliphatic heterocycles. The number of anilines is 1. The lowest BCUT2D eigenvalue weighted by Gasteiger charge is -2.22. The average Bonchev–Trinajstić information content (AvgIpc) is 3.23. The summed E-state index contributed by atoms with van der Waals surface area (Å²) >= 11 is 0. The Morgan fingerprint density at radius 1 is 1.40 bits per heavy atom. The third-order valence-electron chi connectivity index (χ3n) is 4.81. The molecule has 0 saturated carbocycles. The van der Waals surface area contributed by atoms with Gasteiger partial charge in [-0.1, -0.05) is 12.8 Å². The minimum absolute atomic E-state index is 0.00821. The van der Waals surface area contributed by atoms with Crippen LogP contribution in [0, 0.1) is 12.3 Å². The molecule has 160 valence electrons. The summed E-state index contributed by atoms with van der Waals surface area (Å²) in [4.78, 5) is 55.1. The number of imidazole rings is 1. The molecule has 2 aromatic rings. The van der Waals surface area contributed by atoms with Gasteiger partial charge in [0.25, 0.3) is 5.56 Å². The van der Waals surface area contributed by atoms with Crippen LogP contribution in [0.1, 0.15) is 46.3 Å². The van der Waals surface area contributed by atoms with Crippen molar-refractivity contribution in [1.82, 2.24) is 19.1 Å². The van der Waals surface area contributed by atoms with E-state index in [-0.39, 0.29) is 23.7 Å². The van der Waals surface area contributed by atoms with Crippen molar-refractivity contribution in [1.29, 1.82) is 0 Å². The minimum atomic E-state index is -0.729. The van der Waals surface area contributed by atoms with Gasteiger partial charge in [-0.2, -0.15) is 4.98 Å². The first-order valence-electron chi connectivity index (χ1n) is 9.55. The Kier molecular flexibility index (Phi) is 6.07. The summed E-state index contributed by atoms with van der Waals surface area (Å²) in [5.41, 5.74) is -1.12. The molecule has 3 heterocycles. The zero-order chi connectivity index (χ0) is 22.0. The fourth-order valence-electron chi connectivity index (χ4n) is 3.65. The molecule has 11 nitrogen and oxygen atoms in total. The number of aromatic nitrogens is 4. The quantitative estimate of drug-likeness (QED) is 0.516. The number of carbonyl (C=O) groups is 2. The van der Waals surface area contributed by atoms with E-state index in [1.165, 1.54) is 18.4 Å². The van der Waals surface area contributed by atoms with Crippen LogP contribution in [0.15, 0.2) is 9.59 Å². The van der Waals surface area contributed by atoms with Crippen LogP contribution in [0.5, 0.6) is 0 Å². The SMILES string of the molecule is C#CCn1c(=O)n([C@H]2CCC([C@H](CC)OC(C)=O)O2)c2nc(NC(C)=O)[nH]c(=O)c21. The van der Waals surface area contributed by atoms with E-state index in [0.29, 0.717) is 19.3 Å². The molecule has 0 aliphatic carbocycles. The van der Waals surface area contributed by atoms with Crippen molar-refractivity contribution in [2.45, 2.75) is 65.0 Å². The highest BCUT2D eigenvalue weighted by Gasteiger charge is 2.36. The van der Waals surface area contributed by atoms with Gasteiger partial charge in [0.15, 0.2) is 11.2 Å². The van der Waals surface area contributed by atoms with Gasteiger partial charge in [0.1, 0.15) is 12.3 Å². The predicted molar refractivity (Wildman–Crippen MR) is 107 cm³/mol. The van der Waals surface area contributed by atoms with E-state index in [1.54, 1.807) is 0 Å². The Morgan fingerprint density at radius 3 is 2.73 bits per heavy atom. The highest BCUT2D eigenvalue weighted by Crippen LogP contribution is 2.32. The molecular weight excluding hydrogens is 394 g/mol. The van der Waals surface area contributed by atoms with E-state index < -0.39 is 41.6 Å². The van der Waals surface area contributed by atoms with Crippen LogP contribution >= 0.6 is 0 Å². The molecule has 30 heavy (non-hydrogen) atoms. The number of amides is 1. The van der Waals surface area contributed by atoms with Crippen LogP contribution in [0.3, 0.4) is 0 Å². The van der Waals surface area contributed by atoms with Gasteiger partial charge in [-0.15, -0.1) is 6.42 Å². The molecule has 3 rings (SSSR count). The van der Waals surface area contributed by atoms with Crippen molar-refractivity contribution < 1.29 is 19.1 Å². The van der Waals surface area contributed by atoms with Crippen molar-refractivity contribution in [3.8, 4) is 12.3 Å². The fourth-order valence-corrected chi connectivity index (χ4v) is 3.65. The molecule has 0 bridgehead atoms. The molecule has 1 amide bonds. The first-order chi connectivity index (χ1) is 14.3. The van der Waals surface area contributed by atoms with Crippen LogP contribution in [0.2, 0.25) is 0 Å². The Morgan fingerprint density at radius 2 is 2.13 bits per heavy atom. The van der Waals surface area contributed by atoms with Crippen LogP contribution in [0.25, 0.3) is 11.2 Å². The summed E-state index contributed by atoms with van der Waals surface area (Å²) in [6, 6.07) is 0. The summed E-state index contributed by atoms with van der Waals surface area (Å²) < 4.78 is 13.7. The van der Waals surface area contributed by atoms with E-state index in [4.69, 9.17) is 15.9 Å². The van der Waals surface area contributed by atoms with Crippen LogP contribution in [-0.2, 0) is 25.6 Å². The van der Waals surface area contributed by atoms with E-state index in [1.807, 2.05) is 6.92 Å². The van der Waals surface area contributed by atoms with Crippen molar-refractivity contribution in [3.63, 3.8) is 0 Å². The van der Waals surface area contributed by atoms with Crippen molar-refractivity contribution in [2.75, 3.05) is 5.32 Å². The number of esters is 1. The summed E-state index contributed by atoms with van der Waals surface area (Å²) in [6.07, 6.45) is 5.33. The largest absolute Gasteiger partial charge is 0.460 e. The zero-order valence-corrected chi connectivity index (χ0v) is 16.9. The second kappa shape index (κ2) is 8.54. The first-order valence-corrected chi connectivity index (χ1v) is 9.55. The van der Waals surface area contributed by atoms with Gasteiger partial charge in [-0.3, -0.25) is 29.3 Å². The van der Waals surface area contributed by atoms with Crippen molar-refractivity contribution >= 4 is 29.0 Å². The lowest BCUT2D eigenvalue weighted by atomic mass is 10.1. The van der Waals surface area contributed by atoms with E-state index in [9.17, 15) is 19.2 Å². The summed E-state index contributed by atoms with van der Waals surface area (Å²) in [6.45, 7) is 4.34. The number of fused-ring (bicyclic) bond motifs is 1. The first kappa shape index (κ1) is 21.3. The number of terminal acetylenes is 1. The predicted octanol–water partition coefficient (Wildman–Crippen LogP) is 0.497. The number of ether oxygens (including phenoxy) is 2. The third kappa shape index (κ3) is 3.99. The highest BCUT2D eigenvalue weighted by molar-refractivity contribution is 5.87. The smallest absolute Gasteiger partial charge is 0.333 e. The maximum absolute atomic E-state index is 13.1. The van der Waals surface area contributed by atoms with Gasteiger partial charge >= 0.3 is 11.7 Å². The Hall–Kier alpha value is -3.39. The Labute approximate surface area is 171 Å². The summed E-state index contributed by atoms with van der Waals surface area (Å²) in [7, 11) is 0. The highest BCUT2D eigenvalue weighted by atomic mass is 16.6. The number of nitrogens with zero attached hydrogens (tertiary/aromatic N) is 3. The zero-order valence-electron chi connectivity index (χ0n) is 16.9. The van der Waals surface area contributed by atoms with Crippen LogP contribution in [0.4, 0.5) is 5.95 Å². The van der Waals surface area contributed by atoms with Crippen molar-refractivity contribution in [2.24, 2.45) is 0 Å². The lowest BCUT2D eigenvalue weighted by Crippen LogP contribution is -2.32. The topological polar surface area (TPSA) is 137 Å². The van der Waals surface area contributed by atoms with Gasteiger partial charge in [-0.25, -0.2) is 9.36 Å². The number of hydrogen-bond acceptors (Lipinski definition) is 7. The maximum atomic E-state index is 13.1.